The van der Waals surface area contributed by atoms with Gasteiger partial charge in [-0.3, -0.25) is 0 Å². The standard InChI is InChI=1S/C6H14N2O2/c7-4-1-3(9)2-5(8)6(4)10/h3-6,9-10H,1-2,7-8H2/t3?,4-,5+,6?. The Labute approximate surface area is 59.8 Å². The van der Waals surface area contributed by atoms with Crippen LogP contribution >= 0.6 is 0 Å². The van der Waals surface area contributed by atoms with Crippen molar-refractivity contribution in [2.45, 2.75) is 37.1 Å². The van der Waals surface area contributed by atoms with Crippen LogP contribution in [0, 0.1) is 0 Å². The molecule has 1 rings (SSSR count). The number of nitrogens with two attached hydrogens (primary N) is 2. The van der Waals surface area contributed by atoms with Gasteiger partial charge in [0.25, 0.3) is 0 Å². The number of hydrogen-bond donors (Lipinski definition) is 4. The third kappa shape index (κ3) is 1.46. The zero-order valence-electron chi connectivity index (χ0n) is 5.77. The molecule has 0 saturated heterocycles. The van der Waals surface area contributed by atoms with E-state index in [0.29, 0.717) is 12.8 Å². The topological polar surface area (TPSA) is 92.5 Å². The van der Waals surface area contributed by atoms with E-state index in [4.69, 9.17) is 16.6 Å². The summed E-state index contributed by atoms with van der Waals surface area (Å²) in [5, 5.41) is 18.3. The van der Waals surface area contributed by atoms with Crippen molar-refractivity contribution in [1.82, 2.24) is 0 Å². The zero-order valence-corrected chi connectivity index (χ0v) is 5.77. The summed E-state index contributed by atoms with van der Waals surface area (Å²) in [4.78, 5) is 0. The Kier molecular flexibility index (Phi) is 2.25. The average Bonchev–Trinajstić information content (AvgIpc) is 1.82. The minimum Gasteiger partial charge on any atom is -0.393 e. The van der Waals surface area contributed by atoms with Crippen molar-refractivity contribution in [3.8, 4) is 0 Å². The van der Waals surface area contributed by atoms with Crippen LogP contribution in [-0.2, 0) is 0 Å². The van der Waals surface area contributed by atoms with Gasteiger partial charge in [-0.05, 0) is 12.8 Å². The lowest BCUT2D eigenvalue weighted by Gasteiger charge is -2.32. The largest absolute Gasteiger partial charge is 0.393 e. The SMILES string of the molecule is N[C@@H]1CC(O)C[C@H](N)C1O. The van der Waals surface area contributed by atoms with Gasteiger partial charge >= 0.3 is 0 Å². The maximum Gasteiger partial charge on any atom is 0.0843 e. The van der Waals surface area contributed by atoms with Gasteiger partial charge in [0, 0.05) is 12.1 Å². The molecule has 4 nitrogen and oxygen atoms in total. The number of aliphatic hydroxyl groups is 2. The Morgan fingerprint density at radius 1 is 1.00 bits per heavy atom. The summed E-state index contributed by atoms with van der Waals surface area (Å²) in [6.45, 7) is 0. The first-order valence-electron chi connectivity index (χ1n) is 3.48. The van der Waals surface area contributed by atoms with Crippen molar-refractivity contribution in [3.05, 3.63) is 0 Å². The Balaban J connectivity index is 2.49. The van der Waals surface area contributed by atoms with Gasteiger partial charge in [-0.15, -0.1) is 0 Å². The van der Waals surface area contributed by atoms with E-state index in [9.17, 15) is 5.11 Å². The fourth-order valence-corrected chi connectivity index (χ4v) is 1.32. The molecule has 4 heteroatoms. The van der Waals surface area contributed by atoms with E-state index in [2.05, 4.69) is 0 Å². The van der Waals surface area contributed by atoms with Gasteiger partial charge in [0.15, 0.2) is 0 Å². The van der Waals surface area contributed by atoms with E-state index >= 15 is 0 Å². The van der Waals surface area contributed by atoms with Crippen molar-refractivity contribution in [1.29, 1.82) is 0 Å². The lowest BCUT2D eigenvalue weighted by Crippen LogP contribution is -2.54. The molecule has 0 aromatic rings. The summed E-state index contributed by atoms with van der Waals surface area (Å²) in [5.41, 5.74) is 10.9. The van der Waals surface area contributed by atoms with E-state index in [1.165, 1.54) is 0 Å². The Morgan fingerprint density at radius 3 is 1.80 bits per heavy atom. The first-order valence-corrected chi connectivity index (χ1v) is 3.48. The minimum absolute atomic E-state index is 0.362. The van der Waals surface area contributed by atoms with Gasteiger partial charge in [-0.25, -0.2) is 0 Å². The second-order valence-electron chi connectivity index (χ2n) is 2.94. The molecule has 1 saturated carbocycles. The lowest BCUT2D eigenvalue weighted by molar-refractivity contribution is 0.0222. The predicted octanol–water partition coefficient (Wildman–Crippen LogP) is -1.84. The molecule has 60 valence electrons. The Hall–Kier alpha value is -0.160. The highest BCUT2D eigenvalue weighted by atomic mass is 16.3. The Bertz CT molecular complexity index is 108. The molecule has 6 N–H and O–H groups in total. The second-order valence-corrected chi connectivity index (χ2v) is 2.94. The third-order valence-electron chi connectivity index (χ3n) is 1.97. The van der Waals surface area contributed by atoms with E-state index in [1.54, 1.807) is 0 Å². The Morgan fingerprint density at radius 2 is 1.40 bits per heavy atom. The molecule has 1 fully saturated rings. The first kappa shape index (κ1) is 7.94. The summed E-state index contributed by atoms with van der Waals surface area (Å²) in [7, 11) is 0. The minimum atomic E-state index is -0.650. The van der Waals surface area contributed by atoms with Gasteiger partial charge in [0.2, 0.25) is 0 Å². The first-order chi connectivity index (χ1) is 4.61. The fourth-order valence-electron chi connectivity index (χ4n) is 1.32. The zero-order chi connectivity index (χ0) is 7.72. The van der Waals surface area contributed by atoms with Crippen molar-refractivity contribution in [2.75, 3.05) is 0 Å². The normalized spacial score (nSPS) is 49.2. The molecule has 1 aliphatic rings. The molecule has 0 aliphatic heterocycles. The molecule has 0 amide bonds. The van der Waals surface area contributed by atoms with Crippen LogP contribution in [-0.4, -0.2) is 34.5 Å². The van der Waals surface area contributed by atoms with E-state index in [0.717, 1.165) is 0 Å². The van der Waals surface area contributed by atoms with Gasteiger partial charge < -0.3 is 21.7 Å². The predicted molar refractivity (Wildman–Crippen MR) is 37.2 cm³/mol. The van der Waals surface area contributed by atoms with Crippen LogP contribution in [0.25, 0.3) is 0 Å². The molecular formula is C6H14N2O2. The highest BCUT2D eigenvalue weighted by Gasteiger charge is 2.31. The third-order valence-corrected chi connectivity index (χ3v) is 1.97. The molecule has 10 heavy (non-hydrogen) atoms. The van der Waals surface area contributed by atoms with Crippen LogP contribution < -0.4 is 11.5 Å². The highest BCUT2D eigenvalue weighted by Crippen LogP contribution is 2.16. The van der Waals surface area contributed by atoms with Gasteiger partial charge in [0.1, 0.15) is 0 Å². The summed E-state index contributed by atoms with van der Waals surface area (Å²) in [6, 6.07) is -0.725. The maximum absolute atomic E-state index is 9.20. The molecule has 4 atom stereocenters. The van der Waals surface area contributed by atoms with Gasteiger partial charge in [0.05, 0.1) is 12.2 Å². The molecule has 2 unspecified atom stereocenters. The summed E-state index contributed by atoms with van der Waals surface area (Å²) >= 11 is 0. The molecule has 0 spiro atoms. The number of aliphatic hydroxyl groups excluding tert-OH is 2. The van der Waals surface area contributed by atoms with Crippen molar-refractivity contribution in [3.63, 3.8) is 0 Å². The average molecular weight is 146 g/mol. The van der Waals surface area contributed by atoms with E-state index < -0.39 is 12.2 Å². The summed E-state index contributed by atoms with van der Waals surface area (Å²) < 4.78 is 0. The fraction of sp³-hybridized carbons (Fsp3) is 1.00. The van der Waals surface area contributed by atoms with Crippen molar-refractivity contribution >= 4 is 0 Å². The molecule has 0 aromatic carbocycles. The monoisotopic (exact) mass is 146 g/mol. The van der Waals surface area contributed by atoms with E-state index in [-0.39, 0.29) is 12.1 Å². The molecule has 0 bridgehead atoms. The quantitative estimate of drug-likeness (QED) is 0.323. The second kappa shape index (κ2) is 2.84. The number of rotatable bonds is 0. The molecule has 0 heterocycles. The maximum atomic E-state index is 9.20. The molecule has 0 radical (unpaired) electrons. The van der Waals surface area contributed by atoms with Crippen LogP contribution in [0.1, 0.15) is 12.8 Å². The van der Waals surface area contributed by atoms with Gasteiger partial charge in [-0.1, -0.05) is 0 Å². The van der Waals surface area contributed by atoms with Crippen molar-refractivity contribution in [2.24, 2.45) is 11.5 Å². The lowest BCUT2D eigenvalue weighted by atomic mass is 9.87. The van der Waals surface area contributed by atoms with Crippen LogP contribution in [0.4, 0.5) is 0 Å². The van der Waals surface area contributed by atoms with E-state index in [1.807, 2.05) is 0 Å². The van der Waals surface area contributed by atoms with Crippen molar-refractivity contribution < 1.29 is 10.2 Å². The molecule has 1 aliphatic carbocycles. The number of hydrogen-bond acceptors (Lipinski definition) is 4. The summed E-state index contributed by atoms with van der Waals surface area (Å²) in [5.74, 6) is 0. The smallest absolute Gasteiger partial charge is 0.0843 e. The molecule has 0 aromatic heterocycles. The van der Waals surface area contributed by atoms with Crippen LogP contribution in [0.5, 0.6) is 0 Å². The van der Waals surface area contributed by atoms with Crippen LogP contribution in [0.15, 0.2) is 0 Å². The van der Waals surface area contributed by atoms with Crippen LogP contribution in [0.3, 0.4) is 0 Å². The van der Waals surface area contributed by atoms with Crippen LogP contribution in [0.2, 0.25) is 0 Å². The summed E-state index contributed by atoms with van der Waals surface area (Å²) in [6.07, 6.45) is -0.180. The molecular weight excluding hydrogens is 132 g/mol. The van der Waals surface area contributed by atoms with Gasteiger partial charge in [-0.2, -0.15) is 0 Å². The highest BCUT2D eigenvalue weighted by molar-refractivity contribution is 4.90.